The smallest absolute Gasteiger partial charge is 0.234 e. The predicted octanol–water partition coefficient (Wildman–Crippen LogP) is -0.217. The topological polar surface area (TPSA) is 75.1 Å². The Labute approximate surface area is 131 Å². The van der Waals surface area contributed by atoms with Crippen LogP contribution in [0.5, 0.6) is 0 Å². The molecule has 3 heterocycles. The summed E-state index contributed by atoms with van der Waals surface area (Å²) >= 11 is 0. The molecule has 3 rings (SSSR count). The third kappa shape index (κ3) is 3.84. The summed E-state index contributed by atoms with van der Waals surface area (Å²) in [5, 5.41) is 10.7. The van der Waals surface area contributed by atoms with Crippen molar-refractivity contribution in [1.29, 1.82) is 0 Å². The van der Waals surface area contributed by atoms with Gasteiger partial charge < -0.3 is 15.5 Å². The van der Waals surface area contributed by atoms with Crippen molar-refractivity contribution in [2.24, 2.45) is 0 Å². The molecule has 122 valence electrons. The summed E-state index contributed by atoms with van der Waals surface area (Å²) in [5.41, 5.74) is 0. The molecule has 7 heteroatoms. The maximum Gasteiger partial charge on any atom is 0.234 e. The first kappa shape index (κ1) is 15.4. The Morgan fingerprint density at radius 2 is 2.14 bits per heavy atom. The van der Waals surface area contributed by atoms with E-state index in [1.54, 1.807) is 6.33 Å². The number of rotatable bonds is 5. The zero-order valence-electron chi connectivity index (χ0n) is 13.3. The van der Waals surface area contributed by atoms with E-state index in [1.165, 1.54) is 0 Å². The molecule has 1 aromatic rings. The highest BCUT2D eigenvalue weighted by molar-refractivity contribution is 5.78. The van der Waals surface area contributed by atoms with Crippen LogP contribution in [0, 0.1) is 0 Å². The minimum Gasteiger partial charge on any atom is -0.352 e. The van der Waals surface area contributed by atoms with E-state index in [-0.39, 0.29) is 5.91 Å². The molecule has 0 bridgehead atoms. The average Bonchev–Trinajstić information content (AvgIpc) is 3.01. The van der Waals surface area contributed by atoms with Gasteiger partial charge in [-0.25, -0.2) is 9.67 Å². The van der Waals surface area contributed by atoms with Gasteiger partial charge in [-0.3, -0.25) is 4.79 Å². The van der Waals surface area contributed by atoms with E-state index < -0.39 is 0 Å². The Kier molecular flexibility index (Phi) is 5.04. The molecule has 0 saturated carbocycles. The number of amides is 1. The third-order valence-corrected chi connectivity index (χ3v) is 4.76. The first-order valence-electron chi connectivity index (χ1n) is 8.36. The molecule has 1 unspecified atom stereocenters. The van der Waals surface area contributed by atoms with Gasteiger partial charge in [0, 0.05) is 31.6 Å². The highest BCUT2D eigenvalue weighted by Gasteiger charge is 2.22. The van der Waals surface area contributed by atoms with Crippen molar-refractivity contribution in [3.8, 4) is 0 Å². The van der Waals surface area contributed by atoms with Crippen LogP contribution in [0.15, 0.2) is 6.33 Å². The molecule has 2 aliphatic heterocycles. The Bertz CT molecular complexity index is 494. The van der Waals surface area contributed by atoms with Crippen LogP contribution in [0.1, 0.15) is 32.0 Å². The molecule has 0 aliphatic carbocycles. The Balaban J connectivity index is 1.36. The fourth-order valence-electron chi connectivity index (χ4n) is 3.31. The molecule has 7 nitrogen and oxygen atoms in total. The first-order chi connectivity index (χ1) is 10.7. The van der Waals surface area contributed by atoms with E-state index in [4.69, 9.17) is 0 Å². The van der Waals surface area contributed by atoms with Crippen molar-refractivity contribution in [2.75, 3.05) is 26.2 Å². The number of hydrogen-bond donors (Lipinski definition) is 2. The summed E-state index contributed by atoms with van der Waals surface area (Å²) < 4.78 is 1.93. The lowest BCUT2D eigenvalue weighted by molar-refractivity contribution is -0.121. The maximum atomic E-state index is 12.1. The predicted molar refractivity (Wildman–Crippen MR) is 83.4 cm³/mol. The van der Waals surface area contributed by atoms with Gasteiger partial charge in [0.1, 0.15) is 12.2 Å². The molecule has 1 fully saturated rings. The van der Waals surface area contributed by atoms with E-state index >= 15 is 0 Å². The largest absolute Gasteiger partial charge is 0.352 e. The summed E-state index contributed by atoms with van der Waals surface area (Å²) in [6, 6.07) is 0.646. The first-order valence-corrected chi connectivity index (χ1v) is 8.36. The molecule has 0 aromatic carbocycles. The molecular formula is C15H26N6O. The second-order valence-electron chi connectivity index (χ2n) is 6.25. The van der Waals surface area contributed by atoms with Gasteiger partial charge in [-0.05, 0) is 25.8 Å². The number of nitrogens with zero attached hydrogens (tertiary/aromatic N) is 4. The van der Waals surface area contributed by atoms with E-state index in [9.17, 15) is 4.79 Å². The molecule has 2 aliphatic rings. The summed E-state index contributed by atoms with van der Waals surface area (Å²) in [4.78, 5) is 18.7. The fraction of sp³-hybridized carbons (Fsp3) is 0.800. The average molecular weight is 306 g/mol. The van der Waals surface area contributed by atoms with Crippen LogP contribution in [-0.4, -0.2) is 63.8 Å². The highest BCUT2D eigenvalue weighted by Crippen LogP contribution is 2.11. The van der Waals surface area contributed by atoms with Gasteiger partial charge in [0.2, 0.25) is 5.91 Å². The number of piperidine rings is 1. The van der Waals surface area contributed by atoms with Crippen LogP contribution in [-0.2, 0) is 17.8 Å². The van der Waals surface area contributed by atoms with Gasteiger partial charge in [0.15, 0.2) is 0 Å². The number of aromatic nitrogens is 3. The lowest BCUT2D eigenvalue weighted by Crippen LogP contribution is -2.48. The zero-order valence-corrected chi connectivity index (χ0v) is 13.3. The third-order valence-electron chi connectivity index (χ3n) is 4.76. The Hall–Kier alpha value is -1.47. The molecular weight excluding hydrogens is 280 g/mol. The van der Waals surface area contributed by atoms with E-state index in [2.05, 4.69) is 32.5 Å². The number of likely N-dealkylation sites (tertiary alicyclic amines) is 1. The number of hydrogen-bond acceptors (Lipinski definition) is 5. The van der Waals surface area contributed by atoms with Gasteiger partial charge in [0.05, 0.1) is 13.1 Å². The second-order valence-corrected chi connectivity index (χ2v) is 6.25. The summed E-state index contributed by atoms with van der Waals surface area (Å²) in [6.07, 6.45) is 5.67. The minimum absolute atomic E-state index is 0.110. The molecule has 1 aromatic heterocycles. The number of aryl methyl sites for hydroxylation is 1. The molecule has 0 spiro atoms. The van der Waals surface area contributed by atoms with Crippen molar-refractivity contribution in [3.05, 3.63) is 12.2 Å². The summed E-state index contributed by atoms with van der Waals surface area (Å²) in [5.74, 6) is 1.16. The zero-order chi connectivity index (χ0) is 15.4. The molecule has 1 atom stereocenters. The Morgan fingerprint density at radius 3 is 2.91 bits per heavy atom. The van der Waals surface area contributed by atoms with Crippen molar-refractivity contribution in [1.82, 2.24) is 30.3 Å². The lowest BCUT2D eigenvalue weighted by Gasteiger charge is -2.31. The lowest BCUT2D eigenvalue weighted by atomic mass is 10.1. The van der Waals surface area contributed by atoms with Gasteiger partial charge >= 0.3 is 0 Å². The summed E-state index contributed by atoms with van der Waals surface area (Å²) in [7, 11) is 0. The van der Waals surface area contributed by atoms with Gasteiger partial charge in [-0.2, -0.15) is 5.10 Å². The minimum atomic E-state index is 0.110. The monoisotopic (exact) mass is 306 g/mol. The van der Waals surface area contributed by atoms with Crippen molar-refractivity contribution in [2.45, 2.75) is 51.2 Å². The summed E-state index contributed by atoms with van der Waals surface area (Å²) in [6.45, 7) is 6.67. The number of carbonyl (C=O) groups is 1. The van der Waals surface area contributed by atoms with Crippen LogP contribution >= 0.6 is 0 Å². The quantitative estimate of drug-likeness (QED) is 0.787. The van der Waals surface area contributed by atoms with Crippen LogP contribution in [0.25, 0.3) is 0 Å². The maximum absolute atomic E-state index is 12.1. The highest BCUT2D eigenvalue weighted by atomic mass is 16.2. The van der Waals surface area contributed by atoms with E-state index in [0.29, 0.717) is 18.6 Å². The van der Waals surface area contributed by atoms with Gasteiger partial charge in [-0.1, -0.05) is 6.92 Å². The number of carbonyl (C=O) groups excluding carboxylic acids is 1. The molecule has 1 saturated heterocycles. The van der Waals surface area contributed by atoms with Crippen LogP contribution in [0.3, 0.4) is 0 Å². The second kappa shape index (κ2) is 7.19. The van der Waals surface area contributed by atoms with E-state index in [0.717, 1.165) is 57.7 Å². The van der Waals surface area contributed by atoms with Crippen molar-refractivity contribution in [3.63, 3.8) is 0 Å². The van der Waals surface area contributed by atoms with Crippen LogP contribution < -0.4 is 10.6 Å². The van der Waals surface area contributed by atoms with E-state index in [1.807, 2.05) is 4.68 Å². The standard InChI is InChI=1S/C15H26N6O/c1-2-20-7-5-12(6-8-20)19-15(22)9-16-13-3-4-14-17-11-18-21(14)10-13/h11-13,16H,2-10H2,1H3,(H,19,22). The van der Waals surface area contributed by atoms with Gasteiger partial charge in [0.25, 0.3) is 0 Å². The molecule has 22 heavy (non-hydrogen) atoms. The number of fused-ring (bicyclic) bond motifs is 1. The Morgan fingerprint density at radius 1 is 1.32 bits per heavy atom. The van der Waals surface area contributed by atoms with Crippen LogP contribution in [0.2, 0.25) is 0 Å². The SMILES string of the molecule is CCN1CCC(NC(=O)CNC2CCc3ncnn3C2)CC1. The molecule has 1 amide bonds. The molecule has 0 radical (unpaired) electrons. The normalized spacial score (nSPS) is 23.2. The van der Waals surface area contributed by atoms with Crippen LogP contribution in [0.4, 0.5) is 0 Å². The van der Waals surface area contributed by atoms with Crippen molar-refractivity contribution < 1.29 is 4.79 Å². The number of nitrogens with one attached hydrogen (secondary N) is 2. The van der Waals surface area contributed by atoms with Gasteiger partial charge in [-0.15, -0.1) is 0 Å². The fourth-order valence-corrected chi connectivity index (χ4v) is 3.31. The molecule has 2 N–H and O–H groups in total. The van der Waals surface area contributed by atoms with Crippen molar-refractivity contribution >= 4 is 5.91 Å².